The third-order valence-electron chi connectivity index (χ3n) is 3.33. The number of hydrogen-bond donors (Lipinski definition) is 2. The van der Waals surface area contributed by atoms with Crippen LogP contribution in [-0.4, -0.2) is 11.9 Å². The highest BCUT2D eigenvalue weighted by Crippen LogP contribution is 2.09. The van der Waals surface area contributed by atoms with Crippen molar-refractivity contribution in [3.8, 4) is 0 Å². The zero-order valence-corrected chi connectivity index (χ0v) is 13.3. The second-order valence-corrected chi connectivity index (χ2v) is 5.00. The van der Waals surface area contributed by atoms with Gasteiger partial charge in [-0.3, -0.25) is 4.79 Å². The molecule has 1 unspecified atom stereocenters. The van der Waals surface area contributed by atoms with E-state index in [0.29, 0.717) is 12.6 Å². The molecular formula is C16H27ClN2O. The lowest BCUT2D eigenvalue weighted by Crippen LogP contribution is -2.34. The number of nitrogens with two attached hydrogens (primary N) is 1. The zero-order valence-electron chi connectivity index (χ0n) is 12.5. The largest absolute Gasteiger partial charge is 0.349 e. The van der Waals surface area contributed by atoms with Crippen LogP contribution in [-0.2, 0) is 6.54 Å². The zero-order chi connectivity index (χ0) is 14.1. The molecule has 114 valence electrons. The summed E-state index contributed by atoms with van der Waals surface area (Å²) in [4.78, 5) is 12.2. The second-order valence-electron chi connectivity index (χ2n) is 5.00. The van der Waals surface area contributed by atoms with Gasteiger partial charge < -0.3 is 11.1 Å². The SMILES string of the molecule is CCCCC(CCC)NC(=O)c1ccc(CN)cc1.Cl. The third-order valence-corrected chi connectivity index (χ3v) is 3.33. The van der Waals surface area contributed by atoms with Crippen LogP contribution in [0.25, 0.3) is 0 Å². The predicted molar refractivity (Wildman–Crippen MR) is 87.3 cm³/mol. The van der Waals surface area contributed by atoms with Gasteiger partial charge >= 0.3 is 0 Å². The molecule has 1 aromatic carbocycles. The lowest BCUT2D eigenvalue weighted by atomic mass is 10.0. The maximum atomic E-state index is 12.2. The molecule has 1 atom stereocenters. The summed E-state index contributed by atoms with van der Waals surface area (Å²) >= 11 is 0. The van der Waals surface area contributed by atoms with Crippen molar-refractivity contribution in [2.75, 3.05) is 0 Å². The normalized spacial score (nSPS) is 11.6. The molecule has 1 amide bonds. The van der Waals surface area contributed by atoms with E-state index in [9.17, 15) is 4.79 Å². The molecule has 0 radical (unpaired) electrons. The summed E-state index contributed by atoms with van der Waals surface area (Å²) in [6.45, 7) is 4.84. The van der Waals surface area contributed by atoms with Crippen LogP contribution in [0, 0.1) is 0 Å². The van der Waals surface area contributed by atoms with Crippen molar-refractivity contribution in [2.45, 2.75) is 58.5 Å². The molecule has 0 saturated heterocycles. The summed E-state index contributed by atoms with van der Waals surface area (Å²) < 4.78 is 0. The Bertz CT molecular complexity index is 379. The van der Waals surface area contributed by atoms with Crippen LogP contribution < -0.4 is 11.1 Å². The number of carbonyl (C=O) groups excluding carboxylic acids is 1. The Morgan fingerprint density at radius 1 is 1.15 bits per heavy atom. The lowest BCUT2D eigenvalue weighted by molar-refractivity contribution is 0.0932. The number of amides is 1. The summed E-state index contributed by atoms with van der Waals surface area (Å²) in [5, 5.41) is 3.14. The van der Waals surface area contributed by atoms with Gasteiger partial charge in [0, 0.05) is 18.2 Å². The molecule has 0 aliphatic carbocycles. The number of halogens is 1. The maximum Gasteiger partial charge on any atom is 0.251 e. The second kappa shape index (κ2) is 10.7. The molecule has 3 nitrogen and oxygen atoms in total. The van der Waals surface area contributed by atoms with Crippen molar-refractivity contribution in [1.29, 1.82) is 0 Å². The predicted octanol–water partition coefficient (Wildman–Crippen LogP) is 3.66. The molecule has 1 aromatic rings. The van der Waals surface area contributed by atoms with Crippen molar-refractivity contribution in [3.05, 3.63) is 35.4 Å². The first-order valence-electron chi connectivity index (χ1n) is 7.31. The maximum absolute atomic E-state index is 12.2. The van der Waals surface area contributed by atoms with Gasteiger partial charge in [0.05, 0.1) is 0 Å². The van der Waals surface area contributed by atoms with Crippen molar-refractivity contribution < 1.29 is 4.79 Å². The minimum absolute atomic E-state index is 0. The number of benzene rings is 1. The van der Waals surface area contributed by atoms with Gasteiger partial charge in [-0.05, 0) is 30.5 Å². The molecule has 1 rings (SSSR count). The molecule has 20 heavy (non-hydrogen) atoms. The molecule has 0 aromatic heterocycles. The van der Waals surface area contributed by atoms with E-state index in [1.54, 1.807) is 0 Å². The molecule has 0 saturated carbocycles. The van der Waals surface area contributed by atoms with Crippen molar-refractivity contribution in [2.24, 2.45) is 5.73 Å². The molecule has 3 N–H and O–H groups in total. The minimum Gasteiger partial charge on any atom is -0.349 e. The van der Waals surface area contributed by atoms with E-state index in [0.717, 1.165) is 36.8 Å². The van der Waals surface area contributed by atoms with Gasteiger partial charge in [0.2, 0.25) is 0 Å². The van der Waals surface area contributed by atoms with Gasteiger partial charge in [-0.25, -0.2) is 0 Å². The molecule has 4 heteroatoms. The van der Waals surface area contributed by atoms with Gasteiger partial charge in [-0.2, -0.15) is 0 Å². The smallest absolute Gasteiger partial charge is 0.251 e. The number of hydrogen-bond acceptors (Lipinski definition) is 2. The topological polar surface area (TPSA) is 55.1 Å². The Kier molecular flexibility index (Phi) is 10.1. The first-order valence-corrected chi connectivity index (χ1v) is 7.31. The van der Waals surface area contributed by atoms with E-state index >= 15 is 0 Å². The molecule has 0 bridgehead atoms. The molecule has 0 aliphatic heterocycles. The average molecular weight is 299 g/mol. The fraction of sp³-hybridized carbons (Fsp3) is 0.562. The Balaban J connectivity index is 0.00000361. The van der Waals surface area contributed by atoms with Crippen molar-refractivity contribution in [1.82, 2.24) is 5.32 Å². The van der Waals surface area contributed by atoms with Crippen molar-refractivity contribution in [3.63, 3.8) is 0 Å². The first-order chi connectivity index (χ1) is 9.21. The molecule has 0 aliphatic rings. The van der Waals surface area contributed by atoms with E-state index in [-0.39, 0.29) is 18.3 Å². The van der Waals surface area contributed by atoms with Crippen LogP contribution >= 0.6 is 12.4 Å². The highest BCUT2D eigenvalue weighted by molar-refractivity contribution is 5.94. The monoisotopic (exact) mass is 298 g/mol. The van der Waals surface area contributed by atoms with E-state index in [4.69, 9.17) is 5.73 Å². The molecular weight excluding hydrogens is 272 g/mol. The highest BCUT2D eigenvalue weighted by Gasteiger charge is 2.12. The van der Waals surface area contributed by atoms with Gasteiger partial charge in [0.1, 0.15) is 0 Å². The molecule has 0 heterocycles. The van der Waals surface area contributed by atoms with Crippen LogP contribution in [0.5, 0.6) is 0 Å². The Morgan fingerprint density at radius 3 is 2.30 bits per heavy atom. The minimum atomic E-state index is 0. The fourth-order valence-corrected chi connectivity index (χ4v) is 2.15. The number of carbonyl (C=O) groups is 1. The van der Waals surface area contributed by atoms with Crippen LogP contribution in [0.3, 0.4) is 0 Å². The Morgan fingerprint density at radius 2 is 1.80 bits per heavy atom. The molecule has 0 fully saturated rings. The van der Waals surface area contributed by atoms with E-state index in [1.165, 1.54) is 6.42 Å². The van der Waals surface area contributed by atoms with Crippen LogP contribution in [0.2, 0.25) is 0 Å². The van der Waals surface area contributed by atoms with Gasteiger partial charge in [-0.1, -0.05) is 45.2 Å². The van der Waals surface area contributed by atoms with Gasteiger partial charge in [0.25, 0.3) is 5.91 Å². The molecule has 0 spiro atoms. The summed E-state index contributed by atoms with van der Waals surface area (Å²) in [6.07, 6.45) is 5.54. The number of rotatable bonds is 8. The summed E-state index contributed by atoms with van der Waals surface area (Å²) in [5.74, 6) is 0.0260. The first kappa shape index (κ1) is 18.9. The average Bonchev–Trinajstić information content (AvgIpc) is 2.45. The van der Waals surface area contributed by atoms with Crippen LogP contribution in [0.1, 0.15) is 61.9 Å². The number of nitrogens with one attached hydrogen (secondary N) is 1. The Labute approximate surface area is 128 Å². The van der Waals surface area contributed by atoms with E-state index in [2.05, 4.69) is 19.2 Å². The highest BCUT2D eigenvalue weighted by atomic mass is 35.5. The van der Waals surface area contributed by atoms with Crippen LogP contribution in [0.15, 0.2) is 24.3 Å². The van der Waals surface area contributed by atoms with Crippen molar-refractivity contribution >= 4 is 18.3 Å². The summed E-state index contributed by atoms with van der Waals surface area (Å²) in [6, 6.07) is 7.82. The Hall–Kier alpha value is -1.06. The van der Waals surface area contributed by atoms with Crippen LogP contribution in [0.4, 0.5) is 0 Å². The fourth-order valence-electron chi connectivity index (χ4n) is 2.15. The quantitative estimate of drug-likeness (QED) is 0.769. The summed E-state index contributed by atoms with van der Waals surface area (Å²) in [5.41, 5.74) is 7.32. The van der Waals surface area contributed by atoms with Gasteiger partial charge in [0.15, 0.2) is 0 Å². The van der Waals surface area contributed by atoms with E-state index in [1.807, 2.05) is 24.3 Å². The van der Waals surface area contributed by atoms with E-state index < -0.39 is 0 Å². The summed E-state index contributed by atoms with van der Waals surface area (Å²) in [7, 11) is 0. The lowest BCUT2D eigenvalue weighted by Gasteiger charge is -2.18. The standard InChI is InChI=1S/C16H26N2O.ClH/c1-3-5-7-15(6-4-2)18-16(19)14-10-8-13(12-17)9-11-14;/h8-11,15H,3-7,12,17H2,1-2H3,(H,18,19);1H. The third kappa shape index (κ3) is 6.40. The number of unbranched alkanes of at least 4 members (excludes halogenated alkanes) is 1. The van der Waals surface area contributed by atoms with Gasteiger partial charge in [-0.15, -0.1) is 12.4 Å².